The lowest BCUT2D eigenvalue weighted by molar-refractivity contribution is 0.229. The SMILES string of the molecule is CSCCNCC1Cc2cc(C)ccc2O1. The summed E-state index contributed by atoms with van der Waals surface area (Å²) < 4.78 is 5.87. The lowest BCUT2D eigenvalue weighted by atomic mass is 10.1. The molecule has 3 heteroatoms. The molecule has 1 aliphatic rings. The summed E-state index contributed by atoms with van der Waals surface area (Å²) in [6, 6.07) is 6.44. The third-order valence-electron chi connectivity index (χ3n) is 2.81. The van der Waals surface area contributed by atoms with Gasteiger partial charge in [0.15, 0.2) is 0 Å². The highest BCUT2D eigenvalue weighted by Gasteiger charge is 2.21. The van der Waals surface area contributed by atoms with Gasteiger partial charge in [0.25, 0.3) is 0 Å². The van der Waals surface area contributed by atoms with E-state index in [0.29, 0.717) is 6.10 Å². The van der Waals surface area contributed by atoms with Crippen molar-refractivity contribution >= 4 is 11.8 Å². The van der Waals surface area contributed by atoms with E-state index in [4.69, 9.17) is 4.74 Å². The van der Waals surface area contributed by atoms with Crippen molar-refractivity contribution in [2.24, 2.45) is 0 Å². The summed E-state index contributed by atoms with van der Waals surface area (Å²) in [5.41, 5.74) is 2.68. The fourth-order valence-corrected chi connectivity index (χ4v) is 2.35. The van der Waals surface area contributed by atoms with Crippen LogP contribution in [0.15, 0.2) is 18.2 Å². The van der Waals surface area contributed by atoms with Gasteiger partial charge in [0.05, 0.1) is 0 Å². The summed E-state index contributed by atoms with van der Waals surface area (Å²) in [5.74, 6) is 2.24. The molecule has 1 N–H and O–H groups in total. The van der Waals surface area contributed by atoms with E-state index in [1.807, 2.05) is 11.8 Å². The first-order valence-electron chi connectivity index (χ1n) is 5.75. The first-order valence-corrected chi connectivity index (χ1v) is 7.15. The van der Waals surface area contributed by atoms with E-state index in [0.717, 1.165) is 25.3 Å². The van der Waals surface area contributed by atoms with Crippen LogP contribution >= 0.6 is 11.8 Å². The zero-order valence-electron chi connectivity index (χ0n) is 9.95. The summed E-state index contributed by atoms with van der Waals surface area (Å²) >= 11 is 1.87. The molecule has 0 bridgehead atoms. The van der Waals surface area contributed by atoms with Crippen molar-refractivity contribution in [3.8, 4) is 5.75 Å². The third kappa shape index (κ3) is 2.92. The van der Waals surface area contributed by atoms with Crippen molar-refractivity contribution in [3.63, 3.8) is 0 Å². The Labute approximate surface area is 102 Å². The molecule has 1 unspecified atom stereocenters. The van der Waals surface area contributed by atoms with Crippen LogP contribution in [-0.2, 0) is 6.42 Å². The molecule has 1 aromatic rings. The summed E-state index contributed by atoms with van der Waals surface area (Å²) in [7, 11) is 0. The Morgan fingerprint density at radius 3 is 3.19 bits per heavy atom. The lowest BCUT2D eigenvalue weighted by Crippen LogP contribution is -2.31. The molecule has 0 fully saturated rings. The summed E-state index contributed by atoms with van der Waals surface area (Å²) in [4.78, 5) is 0. The van der Waals surface area contributed by atoms with Crippen LogP contribution in [0.25, 0.3) is 0 Å². The molecule has 0 radical (unpaired) electrons. The predicted octanol–water partition coefficient (Wildman–Crippen LogP) is 2.25. The fourth-order valence-electron chi connectivity index (χ4n) is 2.00. The quantitative estimate of drug-likeness (QED) is 0.794. The minimum absolute atomic E-state index is 0.318. The van der Waals surface area contributed by atoms with Gasteiger partial charge in [-0.15, -0.1) is 0 Å². The zero-order valence-corrected chi connectivity index (χ0v) is 10.8. The number of hydrogen-bond acceptors (Lipinski definition) is 3. The Hall–Kier alpha value is -0.670. The second-order valence-corrected chi connectivity index (χ2v) is 5.24. The van der Waals surface area contributed by atoms with Crippen molar-refractivity contribution in [1.82, 2.24) is 5.32 Å². The van der Waals surface area contributed by atoms with E-state index in [1.54, 1.807) is 0 Å². The van der Waals surface area contributed by atoms with Gasteiger partial charge in [-0.1, -0.05) is 17.7 Å². The highest BCUT2D eigenvalue weighted by molar-refractivity contribution is 7.98. The Kier molecular flexibility index (Phi) is 4.13. The van der Waals surface area contributed by atoms with Crippen molar-refractivity contribution in [3.05, 3.63) is 29.3 Å². The first kappa shape index (κ1) is 11.8. The molecule has 2 rings (SSSR count). The predicted molar refractivity (Wildman–Crippen MR) is 70.6 cm³/mol. The minimum atomic E-state index is 0.318. The Morgan fingerprint density at radius 1 is 1.50 bits per heavy atom. The van der Waals surface area contributed by atoms with Gasteiger partial charge in [0.1, 0.15) is 11.9 Å². The van der Waals surface area contributed by atoms with Crippen LogP contribution in [-0.4, -0.2) is 31.2 Å². The van der Waals surface area contributed by atoms with E-state index in [-0.39, 0.29) is 0 Å². The van der Waals surface area contributed by atoms with E-state index in [9.17, 15) is 0 Å². The summed E-state index contributed by atoms with van der Waals surface area (Å²) in [6.07, 6.45) is 3.49. The van der Waals surface area contributed by atoms with Crippen molar-refractivity contribution in [2.75, 3.05) is 25.1 Å². The number of benzene rings is 1. The molecule has 1 aliphatic heterocycles. The standard InChI is InChI=1S/C13H19NOS/c1-10-3-4-13-11(7-10)8-12(15-13)9-14-5-6-16-2/h3-4,7,12,14H,5-6,8-9H2,1-2H3. The second-order valence-electron chi connectivity index (χ2n) is 4.25. The molecular weight excluding hydrogens is 218 g/mol. The maximum absolute atomic E-state index is 5.87. The first-order chi connectivity index (χ1) is 7.79. The van der Waals surface area contributed by atoms with E-state index in [1.165, 1.54) is 16.9 Å². The molecule has 1 heterocycles. The van der Waals surface area contributed by atoms with Gasteiger partial charge >= 0.3 is 0 Å². The molecule has 0 saturated heterocycles. The number of ether oxygens (including phenoxy) is 1. The molecule has 0 spiro atoms. The Morgan fingerprint density at radius 2 is 2.38 bits per heavy atom. The summed E-state index contributed by atoms with van der Waals surface area (Å²) in [6.45, 7) is 4.15. The number of hydrogen-bond donors (Lipinski definition) is 1. The number of rotatable bonds is 5. The number of aryl methyl sites for hydroxylation is 1. The molecule has 0 aliphatic carbocycles. The van der Waals surface area contributed by atoms with E-state index in [2.05, 4.69) is 36.7 Å². The van der Waals surface area contributed by atoms with Crippen molar-refractivity contribution in [1.29, 1.82) is 0 Å². The zero-order chi connectivity index (χ0) is 11.4. The molecule has 0 amide bonds. The van der Waals surface area contributed by atoms with Gasteiger partial charge in [-0.25, -0.2) is 0 Å². The second kappa shape index (κ2) is 5.60. The monoisotopic (exact) mass is 237 g/mol. The van der Waals surface area contributed by atoms with Crippen molar-refractivity contribution in [2.45, 2.75) is 19.4 Å². The van der Waals surface area contributed by atoms with Gasteiger partial charge in [-0.2, -0.15) is 11.8 Å². The lowest BCUT2D eigenvalue weighted by Gasteiger charge is -2.11. The molecule has 1 atom stereocenters. The van der Waals surface area contributed by atoms with E-state index >= 15 is 0 Å². The maximum Gasteiger partial charge on any atom is 0.123 e. The van der Waals surface area contributed by atoms with Crippen LogP contribution < -0.4 is 10.1 Å². The minimum Gasteiger partial charge on any atom is -0.488 e. The number of fused-ring (bicyclic) bond motifs is 1. The Bertz CT molecular complexity index is 354. The van der Waals surface area contributed by atoms with E-state index < -0.39 is 0 Å². The van der Waals surface area contributed by atoms with Crippen LogP contribution in [0.3, 0.4) is 0 Å². The Balaban J connectivity index is 1.81. The van der Waals surface area contributed by atoms with Crippen LogP contribution in [0.1, 0.15) is 11.1 Å². The van der Waals surface area contributed by atoms with Crippen LogP contribution in [0.2, 0.25) is 0 Å². The normalized spacial score (nSPS) is 18.2. The largest absolute Gasteiger partial charge is 0.488 e. The molecule has 16 heavy (non-hydrogen) atoms. The molecule has 0 saturated carbocycles. The highest BCUT2D eigenvalue weighted by atomic mass is 32.2. The van der Waals surface area contributed by atoms with Gasteiger partial charge in [0.2, 0.25) is 0 Å². The van der Waals surface area contributed by atoms with Gasteiger partial charge < -0.3 is 10.1 Å². The molecule has 1 aromatic carbocycles. The topological polar surface area (TPSA) is 21.3 Å². The van der Waals surface area contributed by atoms with Crippen LogP contribution in [0, 0.1) is 6.92 Å². The van der Waals surface area contributed by atoms with Gasteiger partial charge in [-0.3, -0.25) is 0 Å². The van der Waals surface area contributed by atoms with Gasteiger partial charge in [0, 0.05) is 25.3 Å². The highest BCUT2D eigenvalue weighted by Crippen LogP contribution is 2.29. The van der Waals surface area contributed by atoms with Gasteiger partial charge in [-0.05, 0) is 24.8 Å². The average Bonchev–Trinajstić information content (AvgIpc) is 2.66. The number of thioether (sulfide) groups is 1. The fraction of sp³-hybridized carbons (Fsp3) is 0.538. The average molecular weight is 237 g/mol. The third-order valence-corrected chi connectivity index (χ3v) is 3.42. The summed E-state index contributed by atoms with van der Waals surface area (Å²) in [5, 5.41) is 3.43. The number of nitrogens with one attached hydrogen (secondary N) is 1. The van der Waals surface area contributed by atoms with Crippen molar-refractivity contribution < 1.29 is 4.74 Å². The molecule has 88 valence electrons. The molecule has 2 nitrogen and oxygen atoms in total. The maximum atomic E-state index is 5.87. The van der Waals surface area contributed by atoms with Crippen LogP contribution in [0.4, 0.5) is 0 Å². The molecular formula is C13H19NOS. The van der Waals surface area contributed by atoms with Crippen LogP contribution in [0.5, 0.6) is 5.75 Å². The smallest absolute Gasteiger partial charge is 0.123 e. The molecule has 0 aromatic heterocycles.